The van der Waals surface area contributed by atoms with Gasteiger partial charge in [0.2, 0.25) is 0 Å². The molecule has 4 aliphatic rings. The Morgan fingerprint density at radius 1 is 0.902 bits per heavy atom. The summed E-state index contributed by atoms with van der Waals surface area (Å²) in [6, 6.07) is 21.8. The maximum atomic E-state index is 15.3. The van der Waals surface area contributed by atoms with Gasteiger partial charge in [-0.15, -0.1) is 0 Å². The topological polar surface area (TPSA) is 106 Å². The summed E-state index contributed by atoms with van der Waals surface area (Å²) in [5.74, 6) is 0.0601. The van der Waals surface area contributed by atoms with Gasteiger partial charge in [0.25, 0.3) is 11.8 Å². The minimum Gasteiger partial charge on any atom is -0.383 e. The molecule has 3 aliphatic heterocycles. The lowest BCUT2D eigenvalue weighted by Crippen LogP contribution is -2.51. The molecule has 316 valence electrons. The van der Waals surface area contributed by atoms with Gasteiger partial charge in [0.1, 0.15) is 5.69 Å². The van der Waals surface area contributed by atoms with Crippen LogP contribution in [0.25, 0.3) is 22.2 Å². The fourth-order valence-electron chi connectivity index (χ4n) is 9.83. The Hall–Kier alpha value is -4.84. The number of nitrogens with one attached hydrogen (secondary N) is 3. The fourth-order valence-corrected chi connectivity index (χ4v) is 10.6. The summed E-state index contributed by atoms with van der Waals surface area (Å²) in [4.78, 5) is 44.2. The number of allylic oxidation sites excluding steroid dienone is 2. The molecule has 3 aromatic carbocycles. The number of amides is 2. The number of aromatic nitrogens is 2. The maximum absolute atomic E-state index is 15.3. The molecule has 2 aromatic heterocycles. The summed E-state index contributed by atoms with van der Waals surface area (Å²) in [5, 5.41) is 8.65. The number of hydrogen-bond acceptors (Lipinski definition) is 7. The first-order valence-electron chi connectivity index (χ1n) is 21.3. The number of halogens is 3. The quantitative estimate of drug-likeness (QED) is 0.120. The Bertz CT molecular complexity index is 2520. The normalized spacial score (nSPS) is 19.6. The predicted octanol–water partition coefficient (Wildman–Crippen LogP) is 10.4. The minimum absolute atomic E-state index is 0.0890. The highest BCUT2D eigenvalue weighted by atomic mass is 35.5. The lowest BCUT2D eigenvalue weighted by Gasteiger charge is -2.41. The van der Waals surface area contributed by atoms with Crippen LogP contribution in [-0.2, 0) is 4.74 Å². The van der Waals surface area contributed by atoms with Gasteiger partial charge >= 0.3 is 0 Å². The number of benzene rings is 3. The molecule has 0 radical (unpaired) electrons. The number of pyridine rings is 1. The van der Waals surface area contributed by atoms with Gasteiger partial charge in [-0.2, -0.15) is 0 Å². The summed E-state index contributed by atoms with van der Waals surface area (Å²) in [6.07, 6.45) is 13.0. The highest BCUT2D eigenvalue weighted by Crippen LogP contribution is 2.53. The van der Waals surface area contributed by atoms with E-state index >= 15 is 4.79 Å². The van der Waals surface area contributed by atoms with Crippen LogP contribution in [0.2, 0.25) is 15.1 Å². The number of methoxy groups -OCH3 is 1. The van der Waals surface area contributed by atoms with E-state index in [2.05, 4.69) is 61.6 Å². The van der Waals surface area contributed by atoms with Gasteiger partial charge in [0, 0.05) is 89.8 Å². The van der Waals surface area contributed by atoms with E-state index in [9.17, 15) is 4.79 Å². The van der Waals surface area contributed by atoms with Crippen LogP contribution in [0.5, 0.6) is 0 Å². The Labute approximate surface area is 371 Å². The van der Waals surface area contributed by atoms with Crippen molar-refractivity contribution in [2.45, 2.75) is 57.5 Å². The van der Waals surface area contributed by atoms with E-state index in [0.717, 1.165) is 77.0 Å². The molecule has 10 nitrogen and oxygen atoms in total. The van der Waals surface area contributed by atoms with Crippen LogP contribution in [0.4, 0.5) is 11.5 Å². The second-order valence-corrected chi connectivity index (χ2v) is 17.8. The molecule has 2 unspecified atom stereocenters. The maximum Gasteiger partial charge on any atom is 0.272 e. The zero-order chi connectivity index (χ0) is 42.2. The van der Waals surface area contributed by atoms with Gasteiger partial charge in [-0.05, 0) is 77.8 Å². The van der Waals surface area contributed by atoms with E-state index in [1.54, 1.807) is 25.4 Å². The molecule has 2 amide bonds. The molecule has 0 spiro atoms. The van der Waals surface area contributed by atoms with Gasteiger partial charge in [-0.25, -0.2) is 4.98 Å². The molecule has 2 fully saturated rings. The molecule has 61 heavy (non-hydrogen) atoms. The summed E-state index contributed by atoms with van der Waals surface area (Å²) in [5.41, 5.74) is 7.49. The van der Waals surface area contributed by atoms with E-state index in [4.69, 9.17) is 44.5 Å². The van der Waals surface area contributed by atoms with Gasteiger partial charge in [-0.1, -0.05) is 103 Å². The minimum atomic E-state index is -0.392. The van der Waals surface area contributed by atoms with Crippen LogP contribution in [0.1, 0.15) is 94.6 Å². The summed E-state index contributed by atoms with van der Waals surface area (Å²) >= 11 is 20.5. The van der Waals surface area contributed by atoms with Crippen LogP contribution in [0.3, 0.4) is 0 Å². The molecule has 2 atom stereocenters. The third kappa shape index (κ3) is 8.17. The van der Waals surface area contributed by atoms with Gasteiger partial charge in [0.15, 0.2) is 5.82 Å². The Morgan fingerprint density at radius 2 is 1.69 bits per heavy atom. The first-order valence-corrected chi connectivity index (χ1v) is 22.5. The predicted molar refractivity (Wildman–Crippen MR) is 247 cm³/mol. The van der Waals surface area contributed by atoms with Crippen molar-refractivity contribution in [2.75, 3.05) is 56.7 Å². The van der Waals surface area contributed by atoms with Crippen molar-refractivity contribution in [3.8, 4) is 0 Å². The second kappa shape index (κ2) is 17.9. The van der Waals surface area contributed by atoms with Gasteiger partial charge < -0.3 is 30.2 Å². The SMILES string of the molecule is COCCNC(=O)c1cnc(N2CCN(C3CCCCC3)CC2)c(NC(=O)c2[nH]c3cc(Cl)cc4c3c2C2=C(c3ccccc3)C(C)CC=CN2C4c2ccc(Cl)cc2Cl)c1. The summed E-state index contributed by atoms with van der Waals surface area (Å²) in [7, 11) is 1.59. The number of carbonyl (C=O) groups is 2. The second-order valence-electron chi connectivity index (χ2n) is 16.5. The molecule has 3 N–H and O–H groups in total. The van der Waals surface area contributed by atoms with E-state index in [1.807, 2.05) is 42.5 Å². The molecule has 0 bridgehead atoms. The highest BCUT2D eigenvalue weighted by Gasteiger charge is 2.40. The third-order valence-corrected chi connectivity index (χ3v) is 13.5. The average molecular weight is 879 g/mol. The first kappa shape index (κ1) is 41.5. The molecular formula is C48H50Cl3N7O3. The number of rotatable bonds is 10. The molecule has 1 aliphatic carbocycles. The number of aromatic amines is 1. The van der Waals surface area contributed by atoms with Crippen molar-refractivity contribution in [1.82, 2.24) is 25.1 Å². The Morgan fingerprint density at radius 3 is 2.44 bits per heavy atom. The van der Waals surface area contributed by atoms with Crippen molar-refractivity contribution < 1.29 is 14.3 Å². The monoisotopic (exact) mass is 877 g/mol. The van der Waals surface area contributed by atoms with Crippen molar-refractivity contribution in [1.29, 1.82) is 0 Å². The van der Waals surface area contributed by atoms with Crippen LogP contribution < -0.4 is 15.5 Å². The van der Waals surface area contributed by atoms with E-state index in [-0.39, 0.29) is 17.7 Å². The Balaban J connectivity index is 1.18. The van der Waals surface area contributed by atoms with E-state index in [1.165, 1.54) is 32.1 Å². The Kier molecular flexibility index (Phi) is 12.2. The van der Waals surface area contributed by atoms with Gasteiger partial charge in [0.05, 0.1) is 29.6 Å². The molecular weight excluding hydrogens is 829 g/mol. The van der Waals surface area contributed by atoms with Crippen molar-refractivity contribution in [3.05, 3.63) is 134 Å². The standard InChI is InChI=1S/C48H50Cl3N7O3/c1-29-10-9-18-58-44(35-16-15-32(49)26-37(35)51)36-25-33(50)27-38-41(36)42(45(58)40(29)30-11-5-3-6-12-30)43(54-38)48(60)55-39-24-31(47(59)52-17-23-61-2)28-53-46(39)57-21-19-56(20-22-57)34-13-7-4-8-14-34/h3,5-6,9,11-12,15-16,18,24-29,34,44,54H,4,7-8,10,13-14,17,19-23H2,1-2H3,(H,52,59)(H,55,60). The molecule has 1 saturated carbocycles. The van der Waals surface area contributed by atoms with Crippen molar-refractivity contribution in [2.24, 2.45) is 5.92 Å². The van der Waals surface area contributed by atoms with E-state index in [0.29, 0.717) is 57.0 Å². The van der Waals surface area contributed by atoms with Crippen molar-refractivity contribution in [3.63, 3.8) is 0 Å². The summed E-state index contributed by atoms with van der Waals surface area (Å²) in [6.45, 7) is 6.27. The number of fused-ring (bicyclic) bond motifs is 2. The molecule has 1 saturated heterocycles. The first-order chi connectivity index (χ1) is 29.7. The third-order valence-electron chi connectivity index (χ3n) is 12.7. The molecule has 5 aromatic rings. The smallest absolute Gasteiger partial charge is 0.272 e. The molecule has 5 heterocycles. The number of anilines is 2. The van der Waals surface area contributed by atoms with Crippen LogP contribution in [0.15, 0.2) is 85.2 Å². The number of piperazine rings is 1. The van der Waals surface area contributed by atoms with Crippen LogP contribution in [0, 0.1) is 5.92 Å². The van der Waals surface area contributed by atoms with Gasteiger partial charge in [-0.3, -0.25) is 14.5 Å². The van der Waals surface area contributed by atoms with Crippen LogP contribution >= 0.6 is 34.8 Å². The highest BCUT2D eigenvalue weighted by molar-refractivity contribution is 6.35. The van der Waals surface area contributed by atoms with Crippen LogP contribution in [-0.4, -0.2) is 84.1 Å². The zero-order valence-corrected chi connectivity index (χ0v) is 36.7. The number of nitrogens with zero attached hydrogens (tertiary/aromatic N) is 4. The lowest BCUT2D eigenvalue weighted by atomic mass is 9.82. The number of carbonyl (C=O) groups excluding carboxylic acids is 2. The lowest BCUT2D eigenvalue weighted by molar-refractivity contribution is 0.0935. The molecule has 13 heteroatoms. The number of ether oxygens (including phenoxy) is 1. The number of hydrogen-bond donors (Lipinski definition) is 3. The van der Waals surface area contributed by atoms with E-state index < -0.39 is 6.04 Å². The summed E-state index contributed by atoms with van der Waals surface area (Å²) < 4.78 is 5.17. The largest absolute Gasteiger partial charge is 0.383 e. The molecule has 9 rings (SSSR count). The number of H-pyrrole nitrogens is 1. The average Bonchev–Trinajstić information content (AvgIpc) is 3.56. The van der Waals surface area contributed by atoms with Crippen molar-refractivity contribution >= 4 is 80.3 Å². The zero-order valence-electron chi connectivity index (χ0n) is 34.4. The fraction of sp³-hybridized carbons (Fsp3) is 0.354.